The van der Waals surface area contributed by atoms with Gasteiger partial charge in [0.1, 0.15) is 0 Å². The SMILES string of the molecule is Clc1ccc2c(N3CCC4(CCNC4)C3)ccnc2c1. The topological polar surface area (TPSA) is 28.2 Å². The second-order valence-corrected chi connectivity index (χ2v) is 6.53. The maximum absolute atomic E-state index is 6.07. The number of halogens is 1. The van der Waals surface area contributed by atoms with E-state index in [0.717, 1.165) is 23.6 Å². The Morgan fingerprint density at radius 2 is 2.20 bits per heavy atom. The van der Waals surface area contributed by atoms with Crippen LogP contribution in [0.15, 0.2) is 30.5 Å². The minimum atomic E-state index is 0.488. The predicted octanol–water partition coefficient (Wildman–Crippen LogP) is 3.08. The van der Waals surface area contributed by atoms with E-state index in [-0.39, 0.29) is 0 Å². The van der Waals surface area contributed by atoms with Crippen LogP contribution in [0.3, 0.4) is 0 Å². The van der Waals surface area contributed by atoms with Crippen molar-refractivity contribution < 1.29 is 0 Å². The molecule has 4 heteroatoms. The predicted molar refractivity (Wildman–Crippen MR) is 83.5 cm³/mol. The molecule has 0 saturated carbocycles. The van der Waals surface area contributed by atoms with Gasteiger partial charge in [0.25, 0.3) is 0 Å². The lowest BCUT2D eigenvalue weighted by molar-refractivity contribution is 0.369. The summed E-state index contributed by atoms with van der Waals surface area (Å²) in [5.41, 5.74) is 2.78. The first-order valence-corrected chi connectivity index (χ1v) is 7.64. The normalized spacial score (nSPS) is 25.9. The average Bonchev–Trinajstić information content (AvgIpc) is 3.09. The quantitative estimate of drug-likeness (QED) is 0.874. The molecule has 3 nitrogen and oxygen atoms in total. The molecule has 2 saturated heterocycles. The van der Waals surface area contributed by atoms with Crippen molar-refractivity contribution in [2.75, 3.05) is 31.1 Å². The van der Waals surface area contributed by atoms with Gasteiger partial charge < -0.3 is 10.2 Å². The van der Waals surface area contributed by atoms with Crippen LogP contribution >= 0.6 is 11.6 Å². The van der Waals surface area contributed by atoms with Gasteiger partial charge in [0.2, 0.25) is 0 Å². The van der Waals surface area contributed by atoms with Crippen molar-refractivity contribution in [3.05, 3.63) is 35.5 Å². The highest BCUT2D eigenvalue weighted by Crippen LogP contribution is 2.39. The van der Waals surface area contributed by atoms with Crippen molar-refractivity contribution in [3.8, 4) is 0 Å². The lowest BCUT2D eigenvalue weighted by Gasteiger charge is -2.25. The lowest BCUT2D eigenvalue weighted by atomic mass is 9.86. The molecule has 1 unspecified atom stereocenters. The Balaban J connectivity index is 1.72. The van der Waals surface area contributed by atoms with E-state index in [2.05, 4.69) is 27.3 Å². The Labute approximate surface area is 123 Å². The second-order valence-electron chi connectivity index (χ2n) is 6.09. The van der Waals surface area contributed by atoms with Gasteiger partial charge in [-0.2, -0.15) is 0 Å². The Kier molecular flexibility index (Phi) is 2.86. The molecule has 1 N–H and O–H groups in total. The van der Waals surface area contributed by atoms with Crippen molar-refractivity contribution in [3.63, 3.8) is 0 Å². The molecule has 1 aromatic carbocycles. The Hall–Kier alpha value is -1.32. The van der Waals surface area contributed by atoms with Crippen molar-refractivity contribution in [1.82, 2.24) is 10.3 Å². The van der Waals surface area contributed by atoms with Gasteiger partial charge >= 0.3 is 0 Å². The largest absolute Gasteiger partial charge is 0.370 e. The number of fused-ring (bicyclic) bond motifs is 1. The monoisotopic (exact) mass is 287 g/mol. The van der Waals surface area contributed by atoms with Gasteiger partial charge in [-0.05, 0) is 43.7 Å². The number of aromatic nitrogens is 1. The molecule has 2 fully saturated rings. The molecular weight excluding hydrogens is 270 g/mol. The van der Waals surface area contributed by atoms with Gasteiger partial charge in [0.05, 0.1) is 5.52 Å². The minimum absolute atomic E-state index is 0.488. The molecule has 2 aliphatic heterocycles. The Morgan fingerprint density at radius 1 is 1.25 bits per heavy atom. The van der Waals surface area contributed by atoms with Crippen LogP contribution in [0.1, 0.15) is 12.8 Å². The molecule has 0 aliphatic carbocycles. The van der Waals surface area contributed by atoms with Gasteiger partial charge in [0, 0.05) is 47.3 Å². The molecule has 2 aliphatic rings. The van der Waals surface area contributed by atoms with E-state index in [1.165, 1.54) is 37.0 Å². The van der Waals surface area contributed by atoms with Crippen LogP contribution < -0.4 is 10.2 Å². The second kappa shape index (κ2) is 4.61. The molecule has 1 atom stereocenters. The van der Waals surface area contributed by atoms with E-state index in [4.69, 9.17) is 11.6 Å². The summed E-state index contributed by atoms with van der Waals surface area (Å²) in [5, 5.41) is 5.47. The number of benzene rings is 1. The smallest absolute Gasteiger partial charge is 0.0737 e. The summed E-state index contributed by atoms with van der Waals surface area (Å²) in [6, 6.07) is 8.14. The van der Waals surface area contributed by atoms with Gasteiger partial charge in [-0.25, -0.2) is 0 Å². The summed E-state index contributed by atoms with van der Waals surface area (Å²) < 4.78 is 0. The number of nitrogens with one attached hydrogen (secondary N) is 1. The Morgan fingerprint density at radius 3 is 3.05 bits per heavy atom. The number of pyridine rings is 1. The standard InChI is InChI=1S/C16H18ClN3/c17-12-1-2-13-14(9-12)19-6-3-15(13)20-8-5-16(11-20)4-7-18-10-16/h1-3,6,9,18H,4-5,7-8,10-11H2. The summed E-state index contributed by atoms with van der Waals surface area (Å²) in [6.45, 7) is 4.63. The zero-order valence-electron chi connectivity index (χ0n) is 11.4. The van der Waals surface area contributed by atoms with E-state index < -0.39 is 0 Å². The molecule has 2 aromatic rings. The third-order valence-electron chi connectivity index (χ3n) is 4.79. The number of rotatable bonds is 1. The molecule has 0 bridgehead atoms. The summed E-state index contributed by atoms with van der Waals surface area (Å²) >= 11 is 6.07. The first-order valence-electron chi connectivity index (χ1n) is 7.26. The van der Waals surface area contributed by atoms with Gasteiger partial charge in [-0.1, -0.05) is 11.6 Å². The van der Waals surface area contributed by atoms with Gasteiger partial charge in [-0.3, -0.25) is 4.98 Å². The first-order chi connectivity index (χ1) is 9.76. The number of hydrogen-bond acceptors (Lipinski definition) is 3. The number of hydrogen-bond donors (Lipinski definition) is 1. The van der Waals surface area contributed by atoms with Crippen LogP contribution in [0.2, 0.25) is 5.02 Å². The fraction of sp³-hybridized carbons (Fsp3) is 0.438. The molecule has 3 heterocycles. The highest BCUT2D eigenvalue weighted by Gasteiger charge is 2.40. The van der Waals surface area contributed by atoms with E-state index in [0.29, 0.717) is 5.41 Å². The fourth-order valence-corrected chi connectivity index (χ4v) is 3.83. The van der Waals surface area contributed by atoms with Crippen LogP contribution in [-0.2, 0) is 0 Å². The van der Waals surface area contributed by atoms with Gasteiger partial charge in [0.15, 0.2) is 0 Å². The third-order valence-corrected chi connectivity index (χ3v) is 5.03. The zero-order valence-corrected chi connectivity index (χ0v) is 12.2. The summed E-state index contributed by atoms with van der Waals surface area (Å²) in [4.78, 5) is 6.96. The van der Waals surface area contributed by atoms with Gasteiger partial charge in [-0.15, -0.1) is 0 Å². The first kappa shape index (κ1) is 12.4. The number of anilines is 1. The number of nitrogens with zero attached hydrogens (tertiary/aromatic N) is 2. The van der Waals surface area contributed by atoms with Crippen LogP contribution in [0, 0.1) is 5.41 Å². The van der Waals surface area contributed by atoms with E-state index in [1.807, 2.05) is 18.3 Å². The van der Waals surface area contributed by atoms with E-state index >= 15 is 0 Å². The molecule has 104 valence electrons. The van der Waals surface area contributed by atoms with Crippen molar-refractivity contribution >= 4 is 28.2 Å². The van der Waals surface area contributed by atoms with Crippen molar-refractivity contribution in [1.29, 1.82) is 0 Å². The van der Waals surface area contributed by atoms with Crippen LogP contribution in [0.25, 0.3) is 10.9 Å². The summed E-state index contributed by atoms with van der Waals surface area (Å²) in [7, 11) is 0. The van der Waals surface area contributed by atoms with Crippen LogP contribution in [0.4, 0.5) is 5.69 Å². The maximum Gasteiger partial charge on any atom is 0.0737 e. The molecule has 0 amide bonds. The summed E-state index contributed by atoms with van der Waals surface area (Å²) in [5.74, 6) is 0. The summed E-state index contributed by atoms with van der Waals surface area (Å²) in [6.07, 6.45) is 4.49. The van der Waals surface area contributed by atoms with Crippen LogP contribution in [-0.4, -0.2) is 31.2 Å². The highest BCUT2D eigenvalue weighted by atomic mass is 35.5. The maximum atomic E-state index is 6.07. The molecule has 1 aromatic heterocycles. The zero-order chi connectivity index (χ0) is 13.6. The van der Waals surface area contributed by atoms with E-state index in [9.17, 15) is 0 Å². The minimum Gasteiger partial charge on any atom is -0.370 e. The molecular formula is C16H18ClN3. The fourth-order valence-electron chi connectivity index (χ4n) is 3.67. The van der Waals surface area contributed by atoms with Crippen LogP contribution in [0.5, 0.6) is 0 Å². The molecule has 4 rings (SSSR count). The Bertz CT molecular complexity index is 649. The van der Waals surface area contributed by atoms with E-state index in [1.54, 1.807) is 0 Å². The lowest BCUT2D eigenvalue weighted by Crippen LogP contribution is -2.29. The molecule has 0 radical (unpaired) electrons. The van der Waals surface area contributed by atoms with Crippen molar-refractivity contribution in [2.45, 2.75) is 12.8 Å². The third kappa shape index (κ3) is 1.97. The molecule has 1 spiro atoms. The highest BCUT2D eigenvalue weighted by molar-refractivity contribution is 6.31. The molecule has 20 heavy (non-hydrogen) atoms. The van der Waals surface area contributed by atoms with Crippen molar-refractivity contribution in [2.24, 2.45) is 5.41 Å². The average molecular weight is 288 g/mol.